The molecule has 1 aromatic rings. The van der Waals surface area contributed by atoms with E-state index >= 15 is 0 Å². The van der Waals surface area contributed by atoms with Crippen LogP contribution >= 0.6 is 0 Å². The summed E-state index contributed by atoms with van der Waals surface area (Å²) in [5.74, 6) is 1.72. The van der Waals surface area contributed by atoms with Crippen LogP contribution in [0.1, 0.15) is 25.4 Å². The van der Waals surface area contributed by atoms with Crippen LogP contribution in [0.4, 0.5) is 0 Å². The van der Waals surface area contributed by atoms with Crippen molar-refractivity contribution in [1.29, 1.82) is 0 Å². The fraction of sp³-hybridized carbons (Fsp3) is 0.636. The lowest BCUT2D eigenvalue weighted by Crippen LogP contribution is -2.36. The van der Waals surface area contributed by atoms with Crippen LogP contribution in [0.3, 0.4) is 0 Å². The molecular weight excluding hydrogens is 194 g/mol. The van der Waals surface area contributed by atoms with E-state index in [1.807, 2.05) is 6.07 Å². The molecule has 4 nitrogen and oxygen atoms in total. The smallest absolute Gasteiger partial charge is 0.129 e. The highest BCUT2D eigenvalue weighted by atomic mass is 16.4. The van der Waals surface area contributed by atoms with Gasteiger partial charge in [0, 0.05) is 6.04 Å². The molecule has 1 heterocycles. The quantitative estimate of drug-likeness (QED) is 0.656. The molecule has 0 saturated heterocycles. The summed E-state index contributed by atoms with van der Waals surface area (Å²) in [5, 5.41) is 21.1. The summed E-state index contributed by atoms with van der Waals surface area (Å²) in [6.45, 7) is 4.71. The number of aliphatic hydroxyl groups is 2. The normalized spacial score (nSPS) is 13.4. The second-order valence-electron chi connectivity index (χ2n) is 3.94. The average molecular weight is 213 g/mol. The highest BCUT2D eigenvalue weighted by Gasteiger charge is 2.11. The largest absolute Gasteiger partial charge is 0.462 e. The van der Waals surface area contributed by atoms with Gasteiger partial charge >= 0.3 is 0 Å². The van der Waals surface area contributed by atoms with Crippen LogP contribution in [0.2, 0.25) is 0 Å². The molecule has 0 saturated carbocycles. The summed E-state index contributed by atoms with van der Waals surface area (Å²) < 4.78 is 5.31. The van der Waals surface area contributed by atoms with Crippen molar-refractivity contribution in [2.45, 2.75) is 33.0 Å². The number of hydrogen-bond donors (Lipinski definition) is 3. The summed E-state index contributed by atoms with van der Waals surface area (Å²) in [7, 11) is 0. The molecule has 86 valence electrons. The third kappa shape index (κ3) is 3.66. The standard InChI is InChI=1S/C11H19NO3/c1-8(2)11(7-14)12-5-9-3-4-10(6-13)15-9/h3-4,8,11-14H,5-7H2,1-2H3/t11-/m1/s1. The van der Waals surface area contributed by atoms with Gasteiger partial charge in [-0.3, -0.25) is 0 Å². The second-order valence-corrected chi connectivity index (χ2v) is 3.94. The molecule has 4 heteroatoms. The van der Waals surface area contributed by atoms with Gasteiger partial charge in [0.15, 0.2) is 0 Å². The van der Waals surface area contributed by atoms with E-state index in [4.69, 9.17) is 14.6 Å². The van der Waals surface area contributed by atoms with Crippen LogP contribution < -0.4 is 5.32 Å². The fourth-order valence-electron chi connectivity index (χ4n) is 1.35. The predicted octanol–water partition coefficient (Wildman–Crippen LogP) is 0.878. The Labute approximate surface area is 89.9 Å². The van der Waals surface area contributed by atoms with Crippen molar-refractivity contribution in [2.24, 2.45) is 5.92 Å². The third-order valence-corrected chi connectivity index (χ3v) is 2.41. The van der Waals surface area contributed by atoms with Gasteiger partial charge in [-0.25, -0.2) is 0 Å². The minimum atomic E-state index is -0.0758. The Balaban J connectivity index is 2.41. The Morgan fingerprint density at radius 2 is 1.93 bits per heavy atom. The molecule has 0 aliphatic heterocycles. The molecule has 0 unspecified atom stereocenters. The monoisotopic (exact) mass is 213 g/mol. The summed E-state index contributed by atoms with van der Waals surface area (Å²) in [6, 6.07) is 3.65. The van der Waals surface area contributed by atoms with Crippen molar-refractivity contribution in [3.8, 4) is 0 Å². The lowest BCUT2D eigenvalue weighted by atomic mass is 10.1. The van der Waals surface area contributed by atoms with E-state index in [1.165, 1.54) is 0 Å². The number of aliphatic hydroxyl groups excluding tert-OH is 2. The molecule has 0 radical (unpaired) electrons. The molecular formula is C11H19NO3. The van der Waals surface area contributed by atoms with Crippen molar-refractivity contribution >= 4 is 0 Å². The molecule has 1 atom stereocenters. The molecule has 0 bridgehead atoms. The Kier molecular flexibility index (Phi) is 4.81. The van der Waals surface area contributed by atoms with E-state index < -0.39 is 0 Å². The Hall–Kier alpha value is -0.840. The van der Waals surface area contributed by atoms with Gasteiger partial charge in [-0.05, 0) is 18.1 Å². The maximum absolute atomic E-state index is 9.09. The minimum absolute atomic E-state index is 0.0758. The topological polar surface area (TPSA) is 65.6 Å². The second kappa shape index (κ2) is 5.90. The zero-order valence-corrected chi connectivity index (χ0v) is 9.23. The van der Waals surface area contributed by atoms with Crippen LogP contribution in [0.15, 0.2) is 16.5 Å². The number of rotatable bonds is 6. The highest BCUT2D eigenvalue weighted by molar-refractivity contribution is 5.06. The summed E-state index contributed by atoms with van der Waals surface area (Å²) in [4.78, 5) is 0. The first-order valence-corrected chi connectivity index (χ1v) is 5.20. The van der Waals surface area contributed by atoms with Crippen LogP contribution in [0.5, 0.6) is 0 Å². The minimum Gasteiger partial charge on any atom is -0.462 e. The maximum atomic E-state index is 9.09. The van der Waals surface area contributed by atoms with E-state index in [2.05, 4.69) is 19.2 Å². The van der Waals surface area contributed by atoms with Crippen LogP contribution in [0, 0.1) is 5.92 Å². The van der Waals surface area contributed by atoms with Gasteiger partial charge in [-0.15, -0.1) is 0 Å². The Morgan fingerprint density at radius 3 is 2.40 bits per heavy atom. The predicted molar refractivity (Wildman–Crippen MR) is 57.2 cm³/mol. The van der Waals surface area contributed by atoms with Gasteiger partial charge < -0.3 is 19.9 Å². The lowest BCUT2D eigenvalue weighted by molar-refractivity contribution is 0.205. The molecule has 0 aliphatic carbocycles. The summed E-state index contributed by atoms with van der Waals surface area (Å²) in [5.41, 5.74) is 0. The van der Waals surface area contributed by atoms with Crippen molar-refractivity contribution in [3.05, 3.63) is 23.7 Å². The van der Waals surface area contributed by atoms with Gasteiger partial charge in [0.25, 0.3) is 0 Å². The maximum Gasteiger partial charge on any atom is 0.129 e. The molecule has 0 aromatic carbocycles. The van der Waals surface area contributed by atoms with Gasteiger partial charge in [0.2, 0.25) is 0 Å². The lowest BCUT2D eigenvalue weighted by Gasteiger charge is -2.18. The Morgan fingerprint density at radius 1 is 1.27 bits per heavy atom. The average Bonchev–Trinajstić information content (AvgIpc) is 2.66. The van der Waals surface area contributed by atoms with Gasteiger partial charge in [-0.2, -0.15) is 0 Å². The first-order chi connectivity index (χ1) is 7.17. The van der Waals surface area contributed by atoms with Crippen LogP contribution in [0.25, 0.3) is 0 Å². The zero-order chi connectivity index (χ0) is 11.3. The highest BCUT2D eigenvalue weighted by Crippen LogP contribution is 2.08. The van der Waals surface area contributed by atoms with Gasteiger partial charge in [0.1, 0.15) is 18.1 Å². The molecule has 0 fully saturated rings. The van der Waals surface area contributed by atoms with Gasteiger partial charge in [-0.1, -0.05) is 13.8 Å². The molecule has 0 spiro atoms. The SMILES string of the molecule is CC(C)[C@@H](CO)NCc1ccc(CO)o1. The molecule has 1 rings (SSSR count). The van der Waals surface area contributed by atoms with Crippen LogP contribution in [-0.2, 0) is 13.2 Å². The van der Waals surface area contributed by atoms with Crippen LogP contribution in [-0.4, -0.2) is 22.9 Å². The van der Waals surface area contributed by atoms with Gasteiger partial charge in [0.05, 0.1) is 13.2 Å². The summed E-state index contributed by atoms with van der Waals surface area (Å²) in [6.07, 6.45) is 0. The number of furan rings is 1. The van der Waals surface area contributed by atoms with E-state index in [9.17, 15) is 0 Å². The fourth-order valence-corrected chi connectivity index (χ4v) is 1.35. The molecule has 0 amide bonds. The van der Waals surface area contributed by atoms with E-state index in [1.54, 1.807) is 6.07 Å². The first-order valence-electron chi connectivity index (χ1n) is 5.20. The zero-order valence-electron chi connectivity index (χ0n) is 9.23. The third-order valence-electron chi connectivity index (χ3n) is 2.41. The van der Waals surface area contributed by atoms with Crippen molar-refractivity contribution in [1.82, 2.24) is 5.32 Å². The van der Waals surface area contributed by atoms with E-state index in [0.29, 0.717) is 18.2 Å². The molecule has 1 aromatic heterocycles. The van der Waals surface area contributed by atoms with Crippen molar-refractivity contribution in [3.63, 3.8) is 0 Å². The number of hydrogen-bond acceptors (Lipinski definition) is 4. The van der Waals surface area contributed by atoms with Crippen molar-refractivity contribution < 1.29 is 14.6 Å². The first kappa shape index (κ1) is 12.2. The molecule has 15 heavy (non-hydrogen) atoms. The Bertz CT molecular complexity index is 283. The number of nitrogens with one attached hydrogen (secondary N) is 1. The molecule has 3 N–H and O–H groups in total. The van der Waals surface area contributed by atoms with E-state index in [0.717, 1.165) is 5.76 Å². The molecule has 0 aliphatic rings. The summed E-state index contributed by atoms with van der Waals surface area (Å²) >= 11 is 0. The van der Waals surface area contributed by atoms with Crippen molar-refractivity contribution in [2.75, 3.05) is 6.61 Å². The van der Waals surface area contributed by atoms with E-state index in [-0.39, 0.29) is 19.3 Å².